The number of fused-ring (bicyclic) bond motifs is 1. The first-order valence-electron chi connectivity index (χ1n) is 12.4. The molecule has 1 fully saturated rings. The second-order valence-corrected chi connectivity index (χ2v) is 12.8. The molecule has 0 saturated carbocycles. The second kappa shape index (κ2) is 10.4. The van der Waals surface area contributed by atoms with Crippen LogP contribution in [0.3, 0.4) is 0 Å². The zero-order chi connectivity index (χ0) is 26.2. The first-order valence-corrected chi connectivity index (χ1v) is 15.1. The predicted molar refractivity (Wildman–Crippen MR) is 153 cm³/mol. The first kappa shape index (κ1) is 25.7. The van der Waals surface area contributed by atoms with Crippen LogP contribution in [0.1, 0.15) is 23.4 Å². The van der Waals surface area contributed by atoms with Crippen molar-refractivity contribution in [2.75, 3.05) is 37.8 Å². The lowest BCUT2D eigenvalue weighted by molar-refractivity contribution is 0.183. The van der Waals surface area contributed by atoms with Crippen molar-refractivity contribution in [1.29, 1.82) is 0 Å². The Hall–Kier alpha value is -2.98. The van der Waals surface area contributed by atoms with Gasteiger partial charge in [0.05, 0.1) is 11.6 Å². The minimum absolute atomic E-state index is 0.00451. The number of hydrogen-bond acceptors (Lipinski definition) is 6. The molecule has 1 aliphatic heterocycles. The number of benzene rings is 2. The van der Waals surface area contributed by atoms with Crippen LogP contribution in [0.2, 0.25) is 0 Å². The molecule has 7 nitrogen and oxygen atoms in total. The van der Waals surface area contributed by atoms with Gasteiger partial charge in [0.15, 0.2) is 0 Å². The second-order valence-electron chi connectivity index (χ2n) is 9.71. The number of nitrogens with one attached hydrogen (secondary N) is 1. The van der Waals surface area contributed by atoms with E-state index in [1.807, 2.05) is 36.5 Å². The molecule has 0 radical (unpaired) electrons. The van der Waals surface area contributed by atoms with Gasteiger partial charge in [-0.15, -0.1) is 11.3 Å². The van der Waals surface area contributed by atoms with E-state index in [1.165, 1.54) is 16.1 Å². The summed E-state index contributed by atoms with van der Waals surface area (Å²) in [5.41, 5.74) is 4.33. The Morgan fingerprint density at radius 3 is 2.43 bits per heavy atom. The Morgan fingerprint density at radius 2 is 1.73 bits per heavy atom. The number of pyridine rings is 1. The quantitative estimate of drug-likeness (QED) is 0.376. The fraction of sp³-hybridized carbons (Fsp3) is 0.321. The fourth-order valence-corrected chi connectivity index (χ4v) is 6.93. The van der Waals surface area contributed by atoms with Gasteiger partial charge < -0.3 is 9.88 Å². The van der Waals surface area contributed by atoms with Crippen LogP contribution in [0, 0.1) is 0 Å². The summed E-state index contributed by atoms with van der Waals surface area (Å²) in [4.78, 5) is 16.4. The molecule has 0 aliphatic carbocycles. The minimum Gasteiger partial charge on any atom is -0.379 e. The van der Waals surface area contributed by atoms with E-state index in [1.54, 1.807) is 23.0 Å². The van der Waals surface area contributed by atoms with E-state index in [0.29, 0.717) is 32.7 Å². The maximum Gasteiger partial charge on any atom is 0.259 e. The molecule has 2 aromatic carbocycles. The zero-order valence-corrected chi connectivity index (χ0v) is 23.0. The molecular formula is C28H32N4O3S2. The number of thiophene rings is 1. The number of piperazine rings is 1. The SMILES string of the molecule is CC(Nc1cccc(-c2cn(C)c(=O)c3cc(CN4CCN(S(C)(=O)=O)CC4)sc23)c1)c1ccccc1. The molecule has 1 saturated heterocycles. The van der Waals surface area contributed by atoms with E-state index in [-0.39, 0.29) is 11.6 Å². The molecule has 2 aromatic heterocycles. The van der Waals surface area contributed by atoms with Gasteiger partial charge in [-0.1, -0.05) is 42.5 Å². The number of aryl methyl sites for hydroxylation is 1. The third kappa shape index (κ3) is 5.65. The zero-order valence-electron chi connectivity index (χ0n) is 21.3. The van der Waals surface area contributed by atoms with Gasteiger partial charge >= 0.3 is 0 Å². The monoisotopic (exact) mass is 536 g/mol. The van der Waals surface area contributed by atoms with Gasteiger partial charge in [-0.25, -0.2) is 8.42 Å². The Balaban J connectivity index is 1.41. The molecule has 1 atom stereocenters. The summed E-state index contributed by atoms with van der Waals surface area (Å²) in [6.07, 6.45) is 3.19. The topological polar surface area (TPSA) is 74.7 Å². The van der Waals surface area contributed by atoms with Gasteiger partial charge in [0.2, 0.25) is 10.0 Å². The van der Waals surface area contributed by atoms with Crippen molar-refractivity contribution in [1.82, 2.24) is 13.8 Å². The first-order chi connectivity index (χ1) is 17.7. The molecule has 9 heteroatoms. The number of nitrogens with zero attached hydrogens (tertiary/aromatic N) is 3. The minimum atomic E-state index is -3.16. The van der Waals surface area contributed by atoms with Gasteiger partial charge in [0.1, 0.15) is 0 Å². The maximum absolute atomic E-state index is 13.0. The van der Waals surface area contributed by atoms with Gasteiger partial charge in [0.25, 0.3) is 5.56 Å². The molecule has 0 spiro atoms. The van der Waals surface area contributed by atoms with Crippen LogP contribution in [0.5, 0.6) is 0 Å². The summed E-state index contributed by atoms with van der Waals surface area (Å²) < 4.78 is 27.8. The molecule has 0 bridgehead atoms. The van der Waals surface area contributed by atoms with Crippen molar-refractivity contribution in [2.24, 2.45) is 7.05 Å². The van der Waals surface area contributed by atoms with Gasteiger partial charge in [-0.3, -0.25) is 9.69 Å². The maximum atomic E-state index is 13.0. The Kier molecular flexibility index (Phi) is 7.22. The molecule has 37 heavy (non-hydrogen) atoms. The van der Waals surface area contributed by atoms with E-state index in [9.17, 15) is 13.2 Å². The number of hydrogen-bond donors (Lipinski definition) is 1. The van der Waals surface area contributed by atoms with E-state index >= 15 is 0 Å². The van der Waals surface area contributed by atoms with Crippen molar-refractivity contribution in [3.05, 3.63) is 87.7 Å². The molecular weight excluding hydrogens is 504 g/mol. The van der Waals surface area contributed by atoms with Crippen LogP contribution >= 0.6 is 11.3 Å². The van der Waals surface area contributed by atoms with Crippen LogP contribution in [-0.2, 0) is 23.6 Å². The molecule has 4 aromatic rings. The van der Waals surface area contributed by atoms with E-state index in [0.717, 1.165) is 31.8 Å². The van der Waals surface area contributed by atoms with Crippen molar-refractivity contribution < 1.29 is 8.42 Å². The molecule has 1 unspecified atom stereocenters. The van der Waals surface area contributed by atoms with Crippen molar-refractivity contribution >= 4 is 37.1 Å². The summed E-state index contributed by atoms with van der Waals surface area (Å²) >= 11 is 1.65. The number of anilines is 1. The van der Waals surface area contributed by atoms with Crippen molar-refractivity contribution in [3.63, 3.8) is 0 Å². The number of sulfonamides is 1. The Labute approximate surface area is 222 Å². The largest absolute Gasteiger partial charge is 0.379 e. The Morgan fingerprint density at radius 1 is 1.00 bits per heavy atom. The van der Waals surface area contributed by atoms with E-state index in [2.05, 4.69) is 47.5 Å². The van der Waals surface area contributed by atoms with Crippen molar-refractivity contribution in [3.8, 4) is 11.1 Å². The lowest BCUT2D eigenvalue weighted by Gasteiger charge is -2.32. The molecule has 0 amide bonds. The van der Waals surface area contributed by atoms with Gasteiger partial charge in [0, 0.05) is 72.8 Å². The molecule has 5 rings (SSSR count). The highest BCUT2D eigenvalue weighted by atomic mass is 32.2. The van der Waals surface area contributed by atoms with Crippen LogP contribution in [-0.4, -0.2) is 54.6 Å². The summed E-state index contributed by atoms with van der Waals surface area (Å²) in [7, 11) is -1.36. The lowest BCUT2D eigenvalue weighted by atomic mass is 10.0. The highest BCUT2D eigenvalue weighted by molar-refractivity contribution is 7.88. The number of rotatable bonds is 7. The summed E-state index contributed by atoms with van der Waals surface area (Å²) in [6, 6.07) is 20.9. The summed E-state index contributed by atoms with van der Waals surface area (Å²) in [5, 5.41) is 4.32. The highest BCUT2D eigenvalue weighted by Gasteiger charge is 2.24. The standard InChI is InChI=1S/C28H32N4O3S2/c1-20(21-8-5-4-6-9-21)29-23-11-7-10-22(16-23)26-19-30(2)28(33)25-17-24(36-27(25)26)18-31-12-14-32(15-13-31)37(3,34)35/h4-11,16-17,19-20,29H,12-15,18H2,1-3H3. The summed E-state index contributed by atoms with van der Waals surface area (Å²) in [6.45, 7) is 5.21. The average Bonchev–Trinajstić information content (AvgIpc) is 3.30. The third-order valence-electron chi connectivity index (χ3n) is 6.94. The third-order valence-corrected chi connectivity index (χ3v) is 9.39. The van der Waals surface area contributed by atoms with Gasteiger partial charge in [-0.2, -0.15) is 4.31 Å². The van der Waals surface area contributed by atoms with Crippen LogP contribution < -0.4 is 10.9 Å². The highest BCUT2D eigenvalue weighted by Crippen LogP contribution is 2.35. The molecule has 194 valence electrons. The van der Waals surface area contributed by atoms with E-state index in [4.69, 9.17) is 0 Å². The van der Waals surface area contributed by atoms with Crippen molar-refractivity contribution in [2.45, 2.75) is 19.5 Å². The smallest absolute Gasteiger partial charge is 0.259 e. The molecule has 3 heterocycles. The average molecular weight is 537 g/mol. The van der Waals surface area contributed by atoms with E-state index < -0.39 is 10.0 Å². The van der Waals surface area contributed by atoms with Crippen LogP contribution in [0.25, 0.3) is 21.2 Å². The van der Waals surface area contributed by atoms with Crippen LogP contribution in [0.15, 0.2) is 71.7 Å². The fourth-order valence-electron chi connectivity index (χ4n) is 4.88. The molecule has 1 N–H and O–H groups in total. The number of aromatic nitrogens is 1. The Bertz CT molecular complexity index is 1570. The summed E-state index contributed by atoms with van der Waals surface area (Å²) in [5.74, 6) is 0. The van der Waals surface area contributed by atoms with Gasteiger partial charge in [-0.05, 0) is 36.2 Å². The normalized spacial score (nSPS) is 16.2. The van der Waals surface area contributed by atoms with Crippen LogP contribution in [0.4, 0.5) is 5.69 Å². The molecule has 1 aliphatic rings. The lowest BCUT2D eigenvalue weighted by Crippen LogP contribution is -2.47. The predicted octanol–water partition coefficient (Wildman–Crippen LogP) is 4.52.